The summed E-state index contributed by atoms with van der Waals surface area (Å²) in [6.07, 6.45) is 3.23. The van der Waals surface area contributed by atoms with E-state index in [2.05, 4.69) is 5.32 Å². The quantitative estimate of drug-likeness (QED) is 0.433. The molecule has 1 fully saturated rings. The van der Waals surface area contributed by atoms with Crippen LogP contribution >= 0.6 is 0 Å². The molecule has 2 N–H and O–H groups in total. The molecular formula is C18H22BNO7. The molecule has 27 heavy (non-hydrogen) atoms. The fourth-order valence-corrected chi connectivity index (χ4v) is 3.00. The molecule has 1 atom stereocenters. The highest BCUT2D eigenvalue weighted by Gasteiger charge is 2.37. The van der Waals surface area contributed by atoms with Crippen LogP contribution in [0.4, 0.5) is 0 Å². The van der Waals surface area contributed by atoms with Gasteiger partial charge in [-0.05, 0) is 30.9 Å². The number of carbonyl (C=O) groups is 3. The minimum atomic E-state index is -1.28. The number of carbonyl (C=O) groups excluding carboxylic acids is 3. The molecule has 0 saturated heterocycles. The van der Waals surface area contributed by atoms with Crippen LogP contribution < -0.4 is 9.97 Å². The molecule has 1 aromatic carbocycles. The van der Waals surface area contributed by atoms with Crippen molar-refractivity contribution >= 4 is 25.0 Å². The molecule has 9 heteroatoms. The number of nitrogens with one attached hydrogen (secondary N) is 1. The first-order chi connectivity index (χ1) is 13.0. The molecule has 8 nitrogen and oxygen atoms in total. The van der Waals surface area contributed by atoms with Crippen LogP contribution in [0.5, 0.6) is 5.75 Å². The zero-order chi connectivity index (χ0) is 19.4. The van der Waals surface area contributed by atoms with Crippen LogP contribution in [0.25, 0.3) is 0 Å². The third-order valence-electron chi connectivity index (χ3n) is 4.84. The maximum absolute atomic E-state index is 12.3. The van der Waals surface area contributed by atoms with Gasteiger partial charge in [0.1, 0.15) is 11.3 Å². The molecule has 1 amide bonds. The fourth-order valence-electron chi connectivity index (χ4n) is 3.00. The van der Waals surface area contributed by atoms with E-state index in [1.54, 1.807) is 19.1 Å². The number of hydrogen-bond acceptors (Lipinski definition) is 7. The van der Waals surface area contributed by atoms with Gasteiger partial charge in [0.05, 0.1) is 11.9 Å². The second kappa shape index (κ2) is 8.43. The van der Waals surface area contributed by atoms with Gasteiger partial charge in [0.2, 0.25) is 12.7 Å². The third-order valence-corrected chi connectivity index (χ3v) is 4.84. The lowest BCUT2D eigenvalue weighted by atomic mass is 9.72. The summed E-state index contributed by atoms with van der Waals surface area (Å²) in [6, 6.07) is 4.92. The van der Waals surface area contributed by atoms with Crippen molar-refractivity contribution in [3.63, 3.8) is 0 Å². The van der Waals surface area contributed by atoms with E-state index in [1.807, 2.05) is 0 Å². The van der Waals surface area contributed by atoms with E-state index < -0.39 is 25.8 Å². The Morgan fingerprint density at radius 3 is 2.74 bits per heavy atom. The molecule has 144 valence electrons. The maximum atomic E-state index is 12.3. The molecular weight excluding hydrogens is 353 g/mol. The fraction of sp³-hybridized carbons (Fsp3) is 0.500. The van der Waals surface area contributed by atoms with Crippen LogP contribution in [0.3, 0.4) is 0 Å². The summed E-state index contributed by atoms with van der Waals surface area (Å²) in [5.41, 5.74) is 0.800. The van der Waals surface area contributed by atoms with Crippen LogP contribution in [0.15, 0.2) is 18.2 Å². The standard InChI is InChI=1S/C18H22BNO7/c1-2-15(21)20-14-9-12-7-4-8-13(16(12)27-19(14)24)18(23)26-10-25-17(22)11-5-3-6-11/h4,7-8,11,14,24H,2-3,5-6,9-10H2,1H3,(H,20,21). The Morgan fingerprint density at radius 1 is 1.30 bits per heavy atom. The Balaban J connectivity index is 1.62. The number of hydrogen-bond donors (Lipinski definition) is 2. The predicted molar refractivity (Wildman–Crippen MR) is 94.7 cm³/mol. The molecule has 1 aromatic rings. The topological polar surface area (TPSA) is 111 Å². The number of para-hydroxylation sites is 1. The number of rotatable bonds is 6. The number of ether oxygens (including phenoxy) is 2. The van der Waals surface area contributed by atoms with Crippen molar-refractivity contribution in [2.75, 3.05) is 6.79 Å². The first-order valence-corrected chi connectivity index (χ1v) is 9.09. The van der Waals surface area contributed by atoms with Gasteiger partial charge in [0, 0.05) is 6.42 Å². The van der Waals surface area contributed by atoms with Gasteiger partial charge >= 0.3 is 19.1 Å². The molecule has 3 rings (SSSR count). The molecule has 0 spiro atoms. The first-order valence-electron chi connectivity index (χ1n) is 9.09. The smallest absolute Gasteiger partial charge is 0.534 e. The Morgan fingerprint density at radius 2 is 2.07 bits per heavy atom. The van der Waals surface area contributed by atoms with Gasteiger partial charge in [-0.1, -0.05) is 25.5 Å². The molecule has 2 aliphatic rings. The maximum Gasteiger partial charge on any atom is 0.547 e. The molecule has 1 aliphatic heterocycles. The van der Waals surface area contributed by atoms with Gasteiger partial charge in [-0.2, -0.15) is 0 Å². The van der Waals surface area contributed by atoms with E-state index in [9.17, 15) is 19.4 Å². The van der Waals surface area contributed by atoms with Crippen LogP contribution in [0, 0.1) is 5.92 Å². The van der Waals surface area contributed by atoms with Crippen molar-refractivity contribution in [2.24, 2.45) is 5.92 Å². The largest absolute Gasteiger partial charge is 0.547 e. The van der Waals surface area contributed by atoms with Crippen molar-refractivity contribution < 1.29 is 33.5 Å². The van der Waals surface area contributed by atoms with E-state index in [1.165, 1.54) is 6.07 Å². The zero-order valence-corrected chi connectivity index (χ0v) is 15.1. The number of fused-ring (bicyclic) bond motifs is 1. The van der Waals surface area contributed by atoms with Crippen LogP contribution in [-0.2, 0) is 25.5 Å². The van der Waals surface area contributed by atoms with E-state index in [4.69, 9.17) is 14.1 Å². The van der Waals surface area contributed by atoms with E-state index in [0.717, 1.165) is 19.3 Å². The van der Waals surface area contributed by atoms with Crippen LogP contribution in [0.2, 0.25) is 0 Å². The summed E-state index contributed by atoms with van der Waals surface area (Å²) in [5.74, 6) is -1.75. The highest BCUT2D eigenvalue weighted by Crippen LogP contribution is 2.31. The van der Waals surface area contributed by atoms with Gasteiger partial charge in [0.25, 0.3) is 0 Å². The molecule has 1 aliphatic carbocycles. The first kappa shape index (κ1) is 19.2. The lowest BCUT2D eigenvalue weighted by molar-refractivity contribution is -0.160. The Bertz CT molecular complexity index is 734. The molecule has 0 radical (unpaired) electrons. The van der Waals surface area contributed by atoms with E-state index in [0.29, 0.717) is 18.4 Å². The summed E-state index contributed by atoms with van der Waals surface area (Å²) in [6.45, 7) is 1.25. The Labute approximate surface area is 157 Å². The summed E-state index contributed by atoms with van der Waals surface area (Å²) < 4.78 is 15.4. The second-order valence-electron chi connectivity index (χ2n) is 6.67. The lowest BCUT2D eigenvalue weighted by Crippen LogP contribution is -2.53. The summed E-state index contributed by atoms with van der Waals surface area (Å²) in [5, 5.41) is 12.8. The molecule has 0 aromatic heterocycles. The van der Waals surface area contributed by atoms with Crippen molar-refractivity contribution in [1.29, 1.82) is 0 Å². The van der Waals surface area contributed by atoms with Crippen LogP contribution in [0.1, 0.15) is 48.5 Å². The molecule has 0 bridgehead atoms. The number of esters is 2. The molecule has 1 unspecified atom stereocenters. The molecule has 1 saturated carbocycles. The minimum absolute atomic E-state index is 0.0954. The van der Waals surface area contributed by atoms with Crippen molar-refractivity contribution in [3.05, 3.63) is 29.3 Å². The van der Waals surface area contributed by atoms with E-state index in [-0.39, 0.29) is 29.1 Å². The minimum Gasteiger partial charge on any atom is -0.534 e. The molecule has 1 heterocycles. The SMILES string of the molecule is CCC(=O)NC1Cc2cccc(C(=O)OCOC(=O)C3CCC3)c2OB1O. The van der Waals surface area contributed by atoms with Gasteiger partial charge in [-0.25, -0.2) is 4.79 Å². The van der Waals surface area contributed by atoms with Crippen molar-refractivity contribution in [3.8, 4) is 5.75 Å². The number of amides is 1. The summed E-state index contributed by atoms with van der Waals surface area (Å²) >= 11 is 0. The second-order valence-corrected chi connectivity index (χ2v) is 6.67. The van der Waals surface area contributed by atoms with E-state index >= 15 is 0 Å². The monoisotopic (exact) mass is 375 g/mol. The highest BCUT2D eigenvalue weighted by molar-refractivity contribution is 6.47. The zero-order valence-electron chi connectivity index (χ0n) is 15.1. The van der Waals surface area contributed by atoms with Gasteiger partial charge in [-0.15, -0.1) is 0 Å². The normalized spacial score (nSPS) is 18.6. The third kappa shape index (κ3) is 4.41. The van der Waals surface area contributed by atoms with Crippen LogP contribution in [-0.4, -0.2) is 42.7 Å². The van der Waals surface area contributed by atoms with Gasteiger partial charge in [-0.3, -0.25) is 9.59 Å². The lowest BCUT2D eigenvalue weighted by Gasteiger charge is -2.29. The van der Waals surface area contributed by atoms with Crippen molar-refractivity contribution in [2.45, 2.75) is 45.0 Å². The summed E-state index contributed by atoms with van der Waals surface area (Å²) in [4.78, 5) is 35.5. The van der Waals surface area contributed by atoms with Crippen molar-refractivity contribution in [1.82, 2.24) is 5.32 Å². The Kier molecular flexibility index (Phi) is 6.00. The number of benzene rings is 1. The van der Waals surface area contributed by atoms with Gasteiger partial charge < -0.3 is 24.5 Å². The average molecular weight is 375 g/mol. The average Bonchev–Trinajstić information content (AvgIpc) is 2.60. The highest BCUT2D eigenvalue weighted by atomic mass is 16.7. The summed E-state index contributed by atoms with van der Waals surface area (Å²) in [7, 11) is -1.28. The van der Waals surface area contributed by atoms with Gasteiger partial charge in [0.15, 0.2) is 0 Å². The predicted octanol–water partition coefficient (Wildman–Crippen LogP) is 0.994. The Hall–Kier alpha value is -2.55.